The van der Waals surface area contributed by atoms with Crippen molar-refractivity contribution in [3.05, 3.63) is 62.6 Å². The fourth-order valence-corrected chi connectivity index (χ4v) is 5.14. The monoisotopic (exact) mass is 547 g/mol. The van der Waals surface area contributed by atoms with Gasteiger partial charge in [0.15, 0.2) is 22.6 Å². The van der Waals surface area contributed by atoms with Crippen LogP contribution in [0, 0.1) is 24.5 Å². The highest BCUT2D eigenvalue weighted by molar-refractivity contribution is 5.42. The number of hydrogen-bond acceptors (Lipinski definition) is 5. The average molecular weight is 548 g/mol. The van der Waals surface area contributed by atoms with Gasteiger partial charge in [0, 0.05) is 46.3 Å². The normalized spacial score (nSPS) is 25.0. The minimum Gasteiger partial charge on any atom is -0.493 e. The number of alkyl halides is 3. The topological polar surface area (TPSA) is 80.8 Å². The smallest absolute Gasteiger partial charge is 0.417 e. The number of aromatic amines is 1. The van der Waals surface area contributed by atoms with Crippen molar-refractivity contribution in [1.29, 1.82) is 0 Å². The first-order valence-electron chi connectivity index (χ1n) is 12.2. The molecule has 38 heavy (non-hydrogen) atoms. The summed E-state index contributed by atoms with van der Waals surface area (Å²) in [6, 6.07) is 3.18. The second-order valence-electron chi connectivity index (χ2n) is 10.8. The Morgan fingerprint density at radius 3 is 2.39 bits per heavy atom. The fourth-order valence-electron chi connectivity index (χ4n) is 5.14. The van der Waals surface area contributed by atoms with E-state index in [1.165, 1.54) is 19.1 Å². The average Bonchev–Trinajstić information content (AvgIpc) is 3.06. The van der Waals surface area contributed by atoms with E-state index in [-0.39, 0.29) is 30.4 Å². The number of methoxy groups -OCH3 is 1. The van der Waals surface area contributed by atoms with E-state index < -0.39 is 58.1 Å². The first kappa shape index (κ1) is 30.0. The molecule has 0 aliphatic carbocycles. The van der Waals surface area contributed by atoms with Crippen molar-refractivity contribution in [2.24, 2.45) is 5.92 Å². The first-order chi connectivity index (χ1) is 17.4. The molecule has 0 amide bonds. The number of aryl methyl sites for hydroxylation is 1. The number of benzene rings is 1. The minimum atomic E-state index is -4.80. The van der Waals surface area contributed by atoms with Crippen LogP contribution in [0.3, 0.4) is 0 Å². The van der Waals surface area contributed by atoms with Gasteiger partial charge in [-0.3, -0.25) is 4.79 Å². The third-order valence-electron chi connectivity index (χ3n) is 7.22. The van der Waals surface area contributed by atoms with E-state index >= 15 is 0 Å². The SMILES string of the molecule is COc1c([C@H]2[C@H](c3cc(=O)c([C@H](C)COCC(C)(C)O)c(C)[nH]3)O[C@@](C)(C(F)(F)F)[C@H]2C)ccc(F)c1F. The molecular weight excluding hydrogens is 513 g/mol. The summed E-state index contributed by atoms with van der Waals surface area (Å²) < 4.78 is 87.5. The van der Waals surface area contributed by atoms with E-state index in [9.17, 15) is 31.9 Å². The van der Waals surface area contributed by atoms with Gasteiger partial charge in [0.2, 0.25) is 5.82 Å². The molecule has 11 heteroatoms. The van der Waals surface area contributed by atoms with Crippen molar-refractivity contribution in [3.63, 3.8) is 0 Å². The fraction of sp³-hybridized carbons (Fsp3) is 0.593. The number of H-pyrrole nitrogens is 1. The molecule has 0 radical (unpaired) electrons. The van der Waals surface area contributed by atoms with Gasteiger partial charge in [-0.15, -0.1) is 0 Å². The number of rotatable bonds is 8. The summed E-state index contributed by atoms with van der Waals surface area (Å²) >= 11 is 0. The maximum Gasteiger partial charge on any atom is 0.417 e. The molecule has 5 atom stereocenters. The Labute approximate surface area is 218 Å². The molecule has 1 fully saturated rings. The predicted octanol–water partition coefficient (Wildman–Crippen LogP) is 5.67. The highest BCUT2D eigenvalue weighted by Crippen LogP contribution is 2.59. The van der Waals surface area contributed by atoms with Gasteiger partial charge in [0.05, 0.1) is 25.9 Å². The molecule has 2 aromatic rings. The lowest BCUT2D eigenvalue weighted by Crippen LogP contribution is -2.46. The van der Waals surface area contributed by atoms with Crippen LogP contribution >= 0.6 is 0 Å². The number of aromatic nitrogens is 1. The van der Waals surface area contributed by atoms with Gasteiger partial charge in [-0.2, -0.15) is 17.6 Å². The molecule has 0 spiro atoms. The van der Waals surface area contributed by atoms with Gasteiger partial charge in [0.1, 0.15) is 6.10 Å². The van der Waals surface area contributed by atoms with Gasteiger partial charge in [-0.1, -0.05) is 19.9 Å². The summed E-state index contributed by atoms with van der Waals surface area (Å²) in [4.78, 5) is 16.2. The summed E-state index contributed by atoms with van der Waals surface area (Å²) in [5, 5.41) is 9.84. The number of ether oxygens (including phenoxy) is 3. The lowest BCUT2D eigenvalue weighted by atomic mass is 9.76. The molecular formula is C27H34F5NO5. The number of hydrogen-bond donors (Lipinski definition) is 2. The summed E-state index contributed by atoms with van der Waals surface area (Å²) in [6.07, 6.45) is -6.15. The number of nitrogens with one attached hydrogen (secondary N) is 1. The van der Waals surface area contributed by atoms with E-state index in [2.05, 4.69) is 4.98 Å². The van der Waals surface area contributed by atoms with Crippen LogP contribution in [-0.4, -0.2) is 47.8 Å². The van der Waals surface area contributed by atoms with Crippen LogP contribution in [0.5, 0.6) is 5.75 Å². The highest BCUT2D eigenvalue weighted by Gasteiger charge is 2.65. The maximum absolute atomic E-state index is 14.6. The van der Waals surface area contributed by atoms with Gasteiger partial charge < -0.3 is 24.3 Å². The summed E-state index contributed by atoms with van der Waals surface area (Å²) in [6.45, 7) is 8.94. The standard InChI is InChI=1S/C27H34F5NO5/c1-13(11-37-12-25(4,5)35)20-15(3)33-18(10-19(20)34)24-21(14(2)26(6,38-24)27(30,31)32)16-8-9-17(28)22(29)23(16)36-7/h8-10,13-14,21,24,35H,11-12H2,1-7H3,(H,33,34)/t13-,14+,21+,24+,26-/m1/s1. The Morgan fingerprint density at radius 2 is 1.87 bits per heavy atom. The minimum absolute atomic E-state index is 0.00663. The molecule has 3 rings (SSSR count). The lowest BCUT2D eigenvalue weighted by Gasteiger charge is -2.32. The van der Waals surface area contributed by atoms with Crippen molar-refractivity contribution >= 4 is 0 Å². The van der Waals surface area contributed by atoms with E-state index in [4.69, 9.17) is 14.2 Å². The second-order valence-corrected chi connectivity index (χ2v) is 10.8. The van der Waals surface area contributed by atoms with Crippen molar-refractivity contribution < 1.29 is 41.3 Å². The van der Waals surface area contributed by atoms with Gasteiger partial charge >= 0.3 is 6.18 Å². The van der Waals surface area contributed by atoms with Crippen LogP contribution in [0.2, 0.25) is 0 Å². The molecule has 1 aliphatic rings. The van der Waals surface area contributed by atoms with Crippen LogP contribution in [0.15, 0.2) is 23.0 Å². The molecule has 0 unspecified atom stereocenters. The van der Waals surface area contributed by atoms with E-state index in [1.807, 2.05) is 0 Å². The van der Waals surface area contributed by atoms with E-state index in [1.54, 1.807) is 27.7 Å². The Balaban J connectivity index is 2.09. The molecule has 2 N–H and O–H groups in total. The zero-order chi connectivity index (χ0) is 28.8. The number of aliphatic hydroxyl groups is 1. The molecule has 0 saturated carbocycles. The Hall–Kier alpha value is -2.50. The Bertz CT molecular complexity index is 1220. The largest absolute Gasteiger partial charge is 0.493 e. The maximum atomic E-state index is 14.6. The van der Waals surface area contributed by atoms with Gasteiger partial charge in [-0.05, 0) is 33.8 Å². The Morgan fingerprint density at radius 1 is 1.24 bits per heavy atom. The molecule has 6 nitrogen and oxygen atoms in total. The van der Waals surface area contributed by atoms with Gasteiger partial charge in [-0.25, -0.2) is 4.39 Å². The first-order valence-corrected chi connectivity index (χ1v) is 12.2. The molecule has 0 bridgehead atoms. The molecule has 1 aliphatic heterocycles. The number of halogens is 5. The zero-order valence-electron chi connectivity index (χ0n) is 22.4. The Kier molecular flexibility index (Phi) is 8.36. The summed E-state index contributed by atoms with van der Waals surface area (Å²) in [5.74, 6) is -5.83. The van der Waals surface area contributed by atoms with Crippen molar-refractivity contribution in [1.82, 2.24) is 4.98 Å². The van der Waals surface area contributed by atoms with Crippen LogP contribution in [-0.2, 0) is 9.47 Å². The third kappa shape index (κ3) is 5.60. The molecule has 1 aromatic carbocycles. The zero-order valence-corrected chi connectivity index (χ0v) is 22.4. The molecule has 1 aromatic heterocycles. The predicted molar refractivity (Wildman–Crippen MR) is 130 cm³/mol. The van der Waals surface area contributed by atoms with Crippen LogP contribution in [0.1, 0.15) is 75.1 Å². The highest BCUT2D eigenvalue weighted by atomic mass is 19.4. The van der Waals surface area contributed by atoms with Gasteiger partial charge in [0.25, 0.3) is 0 Å². The second kappa shape index (κ2) is 10.6. The van der Waals surface area contributed by atoms with E-state index in [0.29, 0.717) is 11.3 Å². The lowest BCUT2D eigenvalue weighted by molar-refractivity contribution is -0.275. The number of pyridine rings is 1. The summed E-state index contributed by atoms with van der Waals surface area (Å²) in [5.41, 5.74) is -3.31. The third-order valence-corrected chi connectivity index (χ3v) is 7.22. The quantitative estimate of drug-likeness (QED) is 0.416. The summed E-state index contributed by atoms with van der Waals surface area (Å²) in [7, 11) is 1.10. The van der Waals surface area contributed by atoms with E-state index in [0.717, 1.165) is 20.1 Å². The van der Waals surface area contributed by atoms with Crippen molar-refractivity contribution in [3.8, 4) is 5.75 Å². The van der Waals surface area contributed by atoms with Crippen molar-refractivity contribution in [2.75, 3.05) is 20.3 Å². The van der Waals surface area contributed by atoms with Crippen molar-refractivity contribution in [2.45, 2.75) is 76.9 Å². The van der Waals surface area contributed by atoms with Crippen LogP contribution in [0.25, 0.3) is 0 Å². The van der Waals surface area contributed by atoms with Crippen LogP contribution < -0.4 is 10.2 Å². The molecule has 212 valence electrons. The molecule has 2 heterocycles. The van der Waals surface area contributed by atoms with Crippen LogP contribution in [0.4, 0.5) is 22.0 Å². The molecule has 1 saturated heterocycles.